The first-order chi connectivity index (χ1) is 17.9. The van der Waals surface area contributed by atoms with Crippen LogP contribution in [-0.4, -0.2) is 42.6 Å². The van der Waals surface area contributed by atoms with Crippen molar-refractivity contribution in [1.82, 2.24) is 16.1 Å². The Balaban J connectivity index is 1.47. The van der Waals surface area contributed by atoms with Crippen molar-refractivity contribution >= 4 is 29.5 Å². The Kier molecular flexibility index (Phi) is 10.7. The molecule has 0 bridgehead atoms. The zero-order chi connectivity index (χ0) is 26.6. The zero-order valence-corrected chi connectivity index (χ0v) is 21.8. The highest BCUT2D eigenvalue weighted by molar-refractivity contribution is 5.95. The van der Waals surface area contributed by atoms with Crippen LogP contribution in [-0.2, 0) is 16.0 Å². The van der Waals surface area contributed by atoms with Crippen LogP contribution in [0.4, 0.5) is 5.69 Å². The molecule has 0 fully saturated rings. The minimum atomic E-state index is -0.393. The number of amides is 3. The molecule has 0 heterocycles. The van der Waals surface area contributed by atoms with Gasteiger partial charge in [0.1, 0.15) is 0 Å². The van der Waals surface area contributed by atoms with Crippen molar-refractivity contribution in [3.05, 3.63) is 70.8 Å². The van der Waals surface area contributed by atoms with E-state index in [1.807, 2.05) is 36.4 Å². The number of benzene rings is 2. The van der Waals surface area contributed by atoms with Gasteiger partial charge < -0.3 is 15.5 Å². The zero-order valence-electron chi connectivity index (χ0n) is 21.8. The molecular weight excluding hydrogens is 468 g/mol. The van der Waals surface area contributed by atoms with Gasteiger partial charge in [0.2, 0.25) is 11.8 Å². The molecule has 8 nitrogen and oxygen atoms in total. The maximum Gasteiger partial charge on any atom is 0.251 e. The first-order valence-electron chi connectivity index (χ1n) is 13.1. The second-order valence-electron chi connectivity index (χ2n) is 9.21. The average molecular weight is 507 g/mol. The third-order valence-corrected chi connectivity index (χ3v) is 6.74. The lowest BCUT2D eigenvalue weighted by Crippen LogP contribution is -2.27. The molecule has 198 valence electrons. The fourth-order valence-corrected chi connectivity index (χ4v) is 4.63. The van der Waals surface area contributed by atoms with Gasteiger partial charge >= 0.3 is 0 Å². The average Bonchev–Trinajstić information content (AvgIpc) is 3.32. The number of nitrogens with one attached hydrogen (secondary N) is 3. The van der Waals surface area contributed by atoms with E-state index in [0.29, 0.717) is 18.5 Å². The van der Waals surface area contributed by atoms with Gasteiger partial charge in [0.05, 0.1) is 6.04 Å². The van der Waals surface area contributed by atoms with Gasteiger partial charge in [0.25, 0.3) is 5.91 Å². The molecule has 4 N–H and O–H groups in total. The lowest BCUT2D eigenvalue weighted by atomic mass is 10.0. The molecule has 0 spiro atoms. The Morgan fingerprint density at radius 2 is 1.78 bits per heavy atom. The Labute approximate surface area is 219 Å². The van der Waals surface area contributed by atoms with Crippen molar-refractivity contribution < 1.29 is 19.6 Å². The summed E-state index contributed by atoms with van der Waals surface area (Å²) in [5, 5.41) is 14.5. The molecule has 0 aliphatic heterocycles. The molecule has 1 aliphatic rings. The predicted molar refractivity (Wildman–Crippen MR) is 145 cm³/mol. The Morgan fingerprint density at radius 1 is 1.03 bits per heavy atom. The summed E-state index contributed by atoms with van der Waals surface area (Å²) in [5.74, 6) is -0.622. The topological polar surface area (TPSA) is 111 Å². The summed E-state index contributed by atoms with van der Waals surface area (Å²) in [7, 11) is 0. The van der Waals surface area contributed by atoms with Gasteiger partial charge in [-0.2, -0.15) is 0 Å². The van der Waals surface area contributed by atoms with Crippen LogP contribution in [0.3, 0.4) is 0 Å². The standard InChI is InChI=1S/C29H38N4O4/c1-3-33(4-2)24-14-11-22(12-15-24)29(36)31-26-17-13-23-20-21(9-16-25(23)26)10-18-27(34)30-19-7-5-6-8-28(35)32-37/h9-12,14-16,18,20,26,37H,3-8,13,17,19H2,1-2H3,(H,30,34)(H,31,36)(H,32,35). The molecule has 1 aliphatic carbocycles. The number of carbonyl (C=O) groups is 3. The molecule has 0 aromatic heterocycles. The van der Waals surface area contributed by atoms with Crippen molar-refractivity contribution in [1.29, 1.82) is 0 Å². The van der Waals surface area contributed by atoms with Crippen molar-refractivity contribution in [3.8, 4) is 0 Å². The summed E-state index contributed by atoms with van der Waals surface area (Å²) >= 11 is 0. The maximum atomic E-state index is 12.9. The van der Waals surface area contributed by atoms with Gasteiger partial charge in [-0.15, -0.1) is 0 Å². The monoisotopic (exact) mass is 506 g/mol. The van der Waals surface area contributed by atoms with Gasteiger partial charge in [-0.1, -0.05) is 24.6 Å². The number of hydrogen-bond acceptors (Lipinski definition) is 5. The molecule has 3 rings (SSSR count). The number of anilines is 1. The molecule has 0 saturated heterocycles. The molecule has 8 heteroatoms. The van der Waals surface area contributed by atoms with Crippen molar-refractivity contribution in [2.45, 2.75) is 58.4 Å². The molecule has 1 atom stereocenters. The minimum Gasteiger partial charge on any atom is -0.372 e. The van der Waals surface area contributed by atoms with Crippen LogP contribution in [0.2, 0.25) is 0 Å². The second-order valence-corrected chi connectivity index (χ2v) is 9.21. The summed E-state index contributed by atoms with van der Waals surface area (Å²) in [6.07, 6.45) is 7.55. The van der Waals surface area contributed by atoms with Gasteiger partial charge in [-0.25, -0.2) is 5.48 Å². The molecular formula is C29H38N4O4. The van der Waals surface area contributed by atoms with Crippen LogP contribution < -0.4 is 21.0 Å². The first-order valence-corrected chi connectivity index (χ1v) is 13.1. The summed E-state index contributed by atoms with van der Waals surface area (Å²) < 4.78 is 0. The van der Waals surface area contributed by atoms with E-state index >= 15 is 0 Å². The van der Waals surface area contributed by atoms with Crippen LogP contribution in [0.25, 0.3) is 6.08 Å². The fraction of sp³-hybridized carbons (Fsp3) is 0.414. The molecule has 0 saturated carbocycles. The lowest BCUT2D eigenvalue weighted by Gasteiger charge is -2.21. The van der Waals surface area contributed by atoms with E-state index in [2.05, 4.69) is 35.4 Å². The summed E-state index contributed by atoms with van der Waals surface area (Å²) in [6, 6.07) is 13.8. The molecule has 0 radical (unpaired) electrons. The molecule has 2 aromatic rings. The van der Waals surface area contributed by atoms with Gasteiger partial charge in [-0.05, 0) is 86.6 Å². The van der Waals surface area contributed by atoms with Crippen LogP contribution in [0.1, 0.15) is 79.0 Å². The first kappa shape index (κ1) is 27.9. The van der Waals surface area contributed by atoms with Crippen LogP contribution in [0, 0.1) is 0 Å². The normalized spacial score (nSPS) is 14.3. The third kappa shape index (κ3) is 8.18. The van der Waals surface area contributed by atoms with E-state index < -0.39 is 5.91 Å². The van der Waals surface area contributed by atoms with E-state index in [-0.39, 0.29) is 24.3 Å². The maximum absolute atomic E-state index is 12.9. The molecule has 2 aromatic carbocycles. The van der Waals surface area contributed by atoms with E-state index in [9.17, 15) is 14.4 Å². The van der Waals surface area contributed by atoms with E-state index in [1.165, 1.54) is 11.6 Å². The molecule has 1 unspecified atom stereocenters. The van der Waals surface area contributed by atoms with Crippen LogP contribution in [0.5, 0.6) is 0 Å². The largest absolute Gasteiger partial charge is 0.372 e. The number of unbranched alkanes of at least 4 members (excludes halogenated alkanes) is 2. The van der Waals surface area contributed by atoms with Crippen molar-refractivity contribution in [3.63, 3.8) is 0 Å². The van der Waals surface area contributed by atoms with E-state index in [0.717, 1.165) is 55.6 Å². The van der Waals surface area contributed by atoms with E-state index in [4.69, 9.17) is 5.21 Å². The number of hydroxylamine groups is 1. The van der Waals surface area contributed by atoms with Gasteiger partial charge in [0.15, 0.2) is 0 Å². The quantitative estimate of drug-likeness (QED) is 0.141. The number of hydrogen-bond donors (Lipinski definition) is 4. The summed E-state index contributed by atoms with van der Waals surface area (Å²) in [6.45, 7) is 6.63. The molecule has 37 heavy (non-hydrogen) atoms. The number of carbonyl (C=O) groups excluding carboxylic acids is 3. The highest BCUT2D eigenvalue weighted by Crippen LogP contribution is 2.32. The number of aryl methyl sites for hydroxylation is 1. The number of rotatable bonds is 13. The minimum absolute atomic E-state index is 0.0188. The summed E-state index contributed by atoms with van der Waals surface area (Å²) in [5.41, 5.74) is 6.65. The number of nitrogens with zero attached hydrogens (tertiary/aromatic N) is 1. The van der Waals surface area contributed by atoms with Crippen molar-refractivity contribution in [2.75, 3.05) is 24.5 Å². The Morgan fingerprint density at radius 3 is 2.49 bits per heavy atom. The lowest BCUT2D eigenvalue weighted by molar-refractivity contribution is -0.129. The Hall–Kier alpha value is -3.65. The summed E-state index contributed by atoms with van der Waals surface area (Å²) in [4.78, 5) is 38.1. The predicted octanol–water partition coefficient (Wildman–Crippen LogP) is 4.15. The number of fused-ring (bicyclic) bond motifs is 1. The van der Waals surface area contributed by atoms with Crippen molar-refractivity contribution in [2.24, 2.45) is 0 Å². The third-order valence-electron chi connectivity index (χ3n) is 6.74. The second kappa shape index (κ2) is 14.2. The van der Waals surface area contributed by atoms with E-state index in [1.54, 1.807) is 11.6 Å². The SMILES string of the molecule is CCN(CC)c1ccc(C(=O)NC2CCc3cc(C=CC(=O)NCCCCCC(=O)NO)ccc32)cc1. The van der Waals surface area contributed by atoms with Gasteiger partial charge in [0, 0.05) is 43.4 Å². The van der Waals surface area contributed by atoms with Crippen LogP contribution in [0.15, 0.2) is 48.5 Å². The Bertz CT molecular complexity index is 1090. The smallest absolute Gasteiger partial charge is 0.251 e. The highest BCUT2D eigenvalue weighted by Gasteiger charge is 2.24. The van der Waals surface area contributed by atoms with Crippen LogP contribution >= 0.6 is 0 Å². The molecule has 3 amide bonds. The highest BCUT2D eigenvalue weighted by atomic mass is 16.5. The van der Waals surface area contributed by atoms with Gasteiger partial charge in [-0.3, -0.25) is 19.6 Å². The fourth-order valence-electron chi connectivity index (χ4n) is 4.63.